The van der Waals surface area contributed by atoms with E-state index in [-0.39, 0.29) is 12.6 Å². The quantitative estimate of drug-likeness (QED) is 0.619. The van der Waals surface area contributed by atoms with Crippen molar-refractivity contribution in [3.8, 4) is 0 Å². The minimum absolute atomic E-state index is 0.194. The molecule has 5 heteroatoms. The monoisotopic (exact) mass is 268 g/mol. The van der Waals surface area contributed by atoms with E-state index in [0.29, 0.717) is 18.9 Å². The van der Waals surface area contributed by atoms with Crippen molar-refractivity contribution in [2.75, 3.05) is 13.1 Å². The Hall–Kier alpha value is -1.52. The van der Waals surface area contributed by atoms with Crippen LogP contribution in [-0.4, -0.2) is 30.2 Å². The molecule has 0 aromatic heterocycles. The van der Waals surface area contributed by atoms with Gasteiger partial charge < -0.3 is 15.7 Å². The van der Waals surface area contributed by atoms with Gasteiger partial charge in [-0.1, -0.05) is 25.5 Å². The van der Waals surface area contributed by atoms with Crippen LogP contribution in [0, 0.1) is 11.8 Å². The van der Waals surface area contributed by atoms with Crippen molar-refractivity contribution in [1.29, 1.82) is 0 Å². The zero-order valence-electron chi connectivity index (χ0n) is 11.5. The molecule has 19 heavy (non-hydrogen) atoms. The number of urea groups is 1. The fourth-order valence-corrected chi connectivity index (χ4v) is 2.22. The third-order valence-corrected chi connectivity index (χ3v) is 3.42. The molecule has 108 valence electrons. The van der Waals surface area contributed by atoms with Gasteiger partial charge >= 0.3 is 12.0 Å². The van der Waals surface area contributed by atoms with E-state index in [9.17, 15) is 9.59 Å². The summed E-state index contributed by atoms with van der Waals surface area (Å²) in [6.07, 6.45) is 8.88. The lowest BCUT2D eigenvalue weighted by Crippen LogP contribution is -2.41. The fraction of sp³-hybridized carbons (Fsp3) is 0.714. The van der Waals surface area contributed by atoms with Crippen LogP contribution >= 0.6 is 0 Å². The number of allylic oxidation sites excluding steroid dienone is 2. The van der Waals surface area contributed by atoms with Crippen LogP contribution in [0.15, 0.2) is 12.2 Å². The minimum Gasteiger partial charge on any atom is -0.481 e. The smallest absolute Gasteiger partial charge is 0.314 e. The lowest BCUT2D eigenvalue weighted by molar-refractivity contribution is -0.141. The highest BCUT2D eigenvalue weighted by Gasteiger charge is 2.17. The molecule has 2 unspecified atom stereocenters. The molecule has 3 N–H and O–H groups in total. The van der Waals surface area contributed by atoms with Crippen molar-refractivity contribution in [3.05, 3.63) is 12.2 Å². The van der Waals surface area contributed by atoms with Gasteiger partial charge in [0.25, 0.3) is 0 Å². The molecule has 0 spiro atoms. The third kappa shape index (κ3) is 6.27. The molecule has 2 atom stereocenters. The molecule has 0 bridgehead atoms. The highest BCUT2D eigenvalue weighted by molar-refractivity contribution is 5.75. The van der Waals surface area contributed by atoms with Gasteiger partial charge in [0, 0.05) is 13.1 Å². The number of carboxylic acids is 1. The maximum Gasteiger partial charge on any atom is 0.314 e. The van der Waals surface area contributed by atoms with Crippen molar-refractivity contribution in [2.24, 2.45) is 11.8 Å². The Kier molecular flexibility index (Phi) is 7.00. The van der Waals surface area contributed by atoms with Gasteiger partial charge in [0.2, 0.25) is 0 Å². The number of carbonyl (C=O) groups is 2. The Balaban J connectivity index is 2.19. The van der Waals surface area contributed by atoms with Gasteiger partial charge in [-0.2, -0.15) is 0 Å². The molecule has 0 aromatic carbocycles. The molecule has 1 rings (SSSR count). The van der Waals surface area contributed by atoms with Gasteiger partial charge in [-0.15, -0.1) is 0 Å². The Morgan fingerprint density at radius 2 is 2.16 bits per heavy atom. The number of carbonyl (C=O) groups excluding carboxylic acids is 1. The van der Waals surface area contributed by atoms with E-state index >= 15 is 0 Å². The van der Waals surface area contributed by atoms with Crippen molar-refractivity contribution >= 4 is 12.0 Å². The fourth-order valence-electron chi connectivity index (χ4n) is 2.22. The zero-order valence-corrected chi connectivity index (χ0v) is 11.5. The Morgan fingerprint density at radius 3 is 2.74 bits per heavy atom. The Bertz CT molecular complexity index is 329. The van der Waals surface area contributed by atoms with E-state index in [4.69, 9.17) is 5.11 Å². The predicted octanol–water partition coefficient (Wildman–Crippen LogP) is 2.14. The molecule has 5 nitrogen and oxygen atoms in total. The summed E-state index contributed by atoms with van der Waals surface area (Å²) >= 11 is 0. The van der Waals surface area contributed by atoms with Crippen molar-refractivity contribution in [3.63, 3.8) is 0 Å². The molecule has 0 saturated carbocycles. The number of aliphatic carboxylic acids is 1. The number of rotatable bonds is 7. The van der Waals surface area contributed by atoms with Gasteiger partial charge in [0.05, 0.1) is 5.92 Å². The molecule has 0 fully saturated rings. The average molecular weight is 268 g/mol. The van der Waals surface area contributed by atoms with Crippen LogP contribution in [0.4, 0.5) is 4.79 Å². The lowest BCUT2D eigenvalue weighted by atomic mass is 9.94. The second-order valence-electron chi connectivity index (χ2n) is 5.07. The lowest BCUT2D eigenvalue weighted by Gasteiger charge is -2.19. The van der Waals surface area contributed by atoms with Crippen LogP contribution in [0.5, 0.6) is 0 Å². The summed E-state index contributed by atoms with van der Waals surface area (Å²) in [5, 5.41) is 14.4. The van der Waals surface area contributed by atoms with Crippen molar-refractivity contribution in [1.82, 2.24) is 10.6 Å². The molecule has 0 radical (unpaired) electrons. The Labute approximate surface area is 114 Å². The SMILES string of the molecule is CCCC(CNC(=O)NCC1CC=CCC1)C(=O)O. The first-order chi connectivity index (χ1) is 9.13. The number of amides is 2. The summed E-state index contributed by atoms with van der Waals surface area (Å²) in [5.41, 5.74) is 0. The molecule has 0 aromatic rings. The molecule has 2 amide bonds. The topological polar surface area (TPSA) is 78.4 Å². The second-order valence-corrected chi connectivity index (χ2v) is 5.07. The second kappa shape index (κ2) is 8.56. The first-order valence-corrected chi connectivity index (χ1v) is 7.03. The highest BCUT2D eigenvalue weighted by atomic mass is 16.4. The number of hydrogen-bond donors (Lipinski definition) is 3. The first kappa shape index (κ1) is 15.5. The summed E-state index contributed by atoms with van der Waals surface area (Å²) in [6, 6.07) is -0.267. The van der Waals surface area contributed by atoms with E-state index < -0.39 is 11.9 Å². The van der Waals surface area contributed by atoms with E-state index in [1.54, 1.807) is 0 Å². The number of nitrogens with one attached hydrogen (secondary N) is 2. The summed E-state index contributed by atoms with van der Waals surface area (Å²) in [6.45, 7) is 2.79. The first-order valence-electron chi connectivity index (χ1n) is 7.03. The number of carboxylic acid groups (broad SMARTS) is 1. The van der Waals surface area contributed by atoms with Gasteiger partial charge in [0.15, 0.2) is 0 Å². The summed E-state index contributed by atoms with van der Waals surface area (Å²) in [5.74, 6) is -0.838. The normalized spacial score (nSPS) is 19.7. The van der Waals surface area contributed by atoms with Crippen LogP contribution in [-0.2, 0) is 4.79 Å². The van der Waals surface area contributed by atoms with E-state index in [1.807, 2.05) is 6.92 Å². The summed E-state index contributed by atoms with van der Waals surface area (Å²) in [7, 11) is 0. The van der Waals surface area contributed by atoms with E-state index in [2.05, 4.69) is 22.8 Å². The van der Waals surface area contributed by atoms with E-state index in [1.165, 1.54) is 0 Å². The van der Waals surface area contributed by atoms with Gasteiger partial charge in [-0.3, -0.25) is 4.79 Å². The van der Waals surface area contributed by atoms with Gasteiger partial charge in [-0.05, 0) is 31.6 Å². The van der Waals surface area contributed by atoms with Crippen LogP contribution < -0.4 is 10.6 Å². The van der Waals surface area contributed by atoms with Gasteiger partial charge in [0.1, 0.15) is 0 Å². The van der Waals surface area contributed by atoms with E-state index in [0.717, 1.165) is 25.7 Å². The minimum atomic E-state index is -0.848. The molecule has 0 heterocycles. The van der Waals surface area contributed by atoms with Crippen molar-refractivity contribution in [2.45, 2.75) is 39.0 Å². The highest BCUT2D eigenvalue weighted by Crippen LogP contribution is 2.16. The Morgan fingerprint density at radius 1 is 1.37 bits per heavy atom. The van der Waals surface area contributed by atoms with Crippen molar-refractivity contribution < 1.29 is 14.7 Å². The molecule has 0 aliphatic heterocycles. The summed E-state index contributed by atoms with van der Waals surface area (Å²) in [4.78, 5) is 22.5. The van der Waals surface area contributed by atoms with Crippen LogP contribution in [0.2, 0.25) is 0 Å². The van der Waals surface area contributed by atoms with Crippen LogP contribution in [0.3, 0.4) is 0 Å². The third-order valence-electron chi connectivity index (χ3n) is 3.42. The number of hydrogen-bond acceptors (Lipinski definition) is 2. The molecule has 1 aliphatic carbocycles. The predicted molar refractivity (Wildman–Crippen MR) is 73.9 cm³/mol. The maximum absolute atomic E-state index is 11.6. The molecular formula is C14H24N2O3. The molecule has 1 aliphatic rings. The average Bonchev–Trinajstić information content (AvgIpc) is 2.42. The summed E-state index contributed by atoms with van der Waals surface area (Å²) < 4.78 is 0. The standard InChI is InChI=1S/C14H24N2O3/c1-2-6-12(13(17)18)10-16-14(19)15-9-11-7-4-3-5-8-11/h3-4,11-12H,2,5-10H2,1H3,(H,17,18)(H2,15,16,19). The largest absolute Gasteiger partial charge is 0.481 e. The van der Waals surface area contributed by atoms with Crippen LogP contribution in [0.25, 0.3) is 0 Å². The van der Waals surface area contributed by atoms with Crippen LogP contribution in [0.1, 0.15) is 39.0 Å². The maximum atomic E-state index is 11.6. The zero-order chi connectivity index (χ0) is 14.1. The molecule has 0 saturated heterocycles. The van der Waals surface area contributed by atoms with Gasteiger partial charge in [-0.25, -0.2) is 4.79 Å². The molecular weight excluding hydrogens is 244 g/mol.